The Bertz CT molecular complexity index is 1760. The number of nitrogens with zero attached hydrogens (tertiary/aromatic N) is 4. The number of hydrogen-bond donors (Lipinski definition) is 5. The molecule has 0 bridgehead atoms. The van der Waals surface area contributed by atoms with Gasteiger partial charge in [0.1, 0.15) is 29.9 Å². The zero-order valence-corrected chi connectivity index (χ0v) is 28.7. The van der Waals surface area contributed by atoms with Crippen LogP contribution < -0.4 is 20.6 Å². The number of nitrogens with one attached hydrogen (secondary N) is 2. The second-order valence-electron chi connectivity index (χ2n) is 11.4. The highest BCUT2D eigenvalue weighted by Gasteiger charge is 2.54. The highest BCUT2D eigenvalue weighted by molar-refractivity contribution is 7.54. The van der Waals surface area contributed by atoms with Gasteiger partial charge in [-0.1, -0.05) is 60.7 Å². The number of aliphatic hydroxyl groups is 2. The molecule has 1 aliphatic heterocycles. The standard InChI is InChI=1S/C32H40N7O10P/c1-5-46-28(41)22(19-13-9-7-10-14-19)37-50(44,38-23(29(42)47-6-2)20-15-11-8-12-16-20)48-17-21-25(40)32(3,43)30(49-21)39-18-34-24-26(39)35-31(33)36-27(24)45-4/h7-16,18,21-23,25,30,40,43H,5-6,17H2,1-4H3,(H2,33,35,36)(H2,37,38,44)/t21-,22+,23+,25?,30-,32+/m1/s1. The molecule has 6 atom stereocenters. The van der Waals surface area contributed by atoms with Crippen molar-refractivity contribution in [1.82, 2.24) is 29.7 Å². The molecule has 0 aliphatic carbocycles. The van der Waals surface area contributed by atoms with Crippen molar-refractivity contribution in [3.63, 3.8) is 0 Å². The number of hydrogen-bond acceptors (Lipinski definition) is 14. The lowest BCUT2D eigenvalue weighted by atomic mass is 9.96. The molecular formula is C32H40N7O10P. The minimum atomic E-state index is -4.52. The van der Waals surface area contributed by atoms with Gasteiger partial charge in [0, 0.05) is 0 Å². The predicted octanol–water partition coefficient (Wildman–Crippen LogP) is 2.34. The fourth-order valence-electron chi connectivity index (χ4n) is 5.50. The molecule has 3 heterocycles. The van der Waals surface area contributed by atoms with Crippen LogP contribution in [0.15, 0.2) is 67.0 Å². The number of esters is 2. The highest BCUT2D eigenvalue weighted by atomic mass is 31.2. The molecule has 0 amide bonds. The van der Waals surface area contributed by atoms with Crippen LogP contribution in [0.4, 0.5) is 5.95 Å². The topological polar surface area (TPSA) is 232 Å². The van der Waals surface area contributed by atoms with Crippen molar-refractivity contribution in [2.75, 3.05) is 32.7 Å². The Morgan fingerprint density at radius 1 is 1.00 bits per heavy atom. The number of rotatable bonds is 15. The van der Waals surface area contributed by atoms with Crippen LogP contribution in [0.5, 0.6) is 5.88 Å². The van der Waals surface area contributed by atoms with Crippen LogP contribution in [0.25, 0.3) is 11.2 Å². The molecule has 18 heteroatoms. The summed E-state index contributed by atoms with van der Waals surface area (Å²) in [5, 5.41) is 28.3. The van der Waals surface area contributed by atoms with Gasteiger partial charge in [0.2, 0.25) is 11.8 Å². The molecule has 1 fully saturated rings. The van der Waals surface area contributed by atoms with E-state index in [1.807, 2.05) is 0 Å². The van der Waals surface area contributed by atoms with E-state index in [4.69, 9.17) is 29.2 Å². The molecule has 6 N–H and O–H groups in total. The van der Waals surface area contributed by atoms with E-state index in [0.717, 1.165) is 0 Å². The van der Waals surface area contributed by atoms with Crippen molar-refractivity contribution < 1.29 is 47.8 Å². The van der Waals surface area contributed by atoms with Crippen LogP contribution >= 0.6 is 7.67 Å². The van der Waals surface area contributed by atoms with Gasteiger partial charge in [0.15, 0.2) is 17.4 Å². The van der Waals surface area contributed by atoms with E-state index >= 15 is 0 Å². The van der Waals surface area contributed by atoms with Crippen molar-refractivity contribution in [1.29, 1.82) is 0 Å². The Labute approximate surface area is 287 Å². The second kappa shape index (κ2) is 15.6. The van der Waals surface area contributed by atoms with Gasteiger partial charge in [-0.3, -0.25) is 9.13 Å². The van der Waals surface area contributed by atoms with Gasteiger partial charge < -0.3 is 39.4 Å². The zero-order chi connectivity index (χ0) is 36.1. The van der Waals surface area contributed by atoms with Gasteiger partial charge >= 0.3 is 19.6 Å². The van der Waals surface area contributed by atoms with Crippen LogP contribution in [-0.2, 0) is 32.9 Å². The quantitative estimate of drug-likeness (QED) is 0.0879. The van der Waals surface area contributed by atoms with Gasteiger partial charge in [-0.05, 0) is 31.9 Å². The minimum Gasteiger partial charge on any atom is -0.479 e. The number of carbonyl (C=O) groups is 2. The third-order valence-corrected chi connectivity index (χ3v) is 9.65. The summed E-state index contributed by atoms with van der Waals surface area (Å²) in [6, 6.07) is 14.1. The number of benzene rings is 2. The number of imidazole rings is 1. The Kier molecular flexibility index (Phi) is 11.5. The Morgan fingerprint density at radius 2 is 1.54 bits per heavy atom. The van der Waals surface area contributed by atoms with E-state index in [1.54, 1.807) is 74.5 Å². The maximum Gasteiger partial charge on any atom is 0.342 e. The maximum absolute atomic E-state index is 14.9. The number of nitrogen functional groups attached to an aromatic ring is 1. The first-order valence-corrected chi connectivity index (χ1v) is 17.4. The first-order chi connectivity index (χ1) is 23.9. The molecule has 5 rings (SSSR count). The fraction of sp³-hybridized carbons (Fsp3) is 0.406. The zero-order valence-electron chi connectivity index (χ0n) is 27.8. The highest BCUT2D eigenvalue weighted by Crippen LogP contribution is 2.47. The summed E-state index contributed by atoms with van der Waals surface area (Å²) in [4.78, 5) is 39.0. The summed E-state index contributed by atoms with van der Waals surface area (Å²) in [6.45, 7) is 4.05. The Balaban J connectivity index is 1.49. The molecule has 1 saturated heterocycles. The average molecular weight is 714 g/mol. The number of methoxy groups -OCH3 is 1. The SMILES string of the molecule is CCOC(=O)[C@@H](NP(=O)(N[C@H](C(=O)OCC)c1ccccc1)OC[C@H]1O[C@@H](n2cnc3c(OC)nc(N)nc32)[C@@](C)(O)C1O)c1ccccc1. The largest absolute Gasteiger partial charge is 0.479 e. The number of carbonyl (C=O) groups excluding carboxylic acids is 2. The summed E-state index contributed by atoms with van der Waals surface area (Å²) >= 11 is 0. The summed E-state index contributed by atoms with van der Waals surface area (Å²) in [7, 11) is -3.14. The molecule has 1 aliphatic rings. The number of aliphatic hydroxyl groups excluding tert-OH is 1. The molecule has 0 spiro atoms. The average Bonchev–Trinajstić information content (AvgIpc) is 3.62. The summed E-state index contributed by atoms with van der Waals surface area (Å²) in [5.41, 5.74) is 5.07. The lowest BCUT2D eigenvalue weighted by Gasteiger charge is -2.30. The van der Waals surface area contributed by atoms with Crippen molar-refractivity contribution in [3.8, 4) is 5.88 Å². The number of anilines is 1. The molecule has 0 radical (unpaired) electrons. The first-order valence-electron chi connectivity index (χ1n) is 15.8. The number of fused-ring (bicyclic) bond motifs is 1. The van der Waals surface area contributed by atoms with Crippen LogP contribution in [0.3, 0.4) is 0 Å². The Morgan fingerprint density at radius 3 is 2.04 bits per heavy atom. The van der Waals surface area contributed by atoms with E-state index in [2.05, 4.69) is 25.1 Å². The van der Waals surface area contributed by atoms with Crippen LogP contribution in [0.1, 0.15) is 50.2 Å². The molecular weight excluding hydrogens is 673 g/mol. The minimum absolute atomic E-state index is 0.0296. The van der Waals surface area contributed by atoms with Crippen molar-refractivity contribution in [3.05, 3.63) is 78.1 Å². The van der Waals surface area contributed by atoms with Crippen molar-refractivity contribution in [2.45, 2.75) is 56.9 Å². The fourth-order valence-corrected chi connectivity index (χ4v) is 7.27. The van der Waals surface area contributed by atoms with Crippen molar-refractivity contribution in [2.24, 2.45) is 0 Å². The van der Waals surface area contributed by atoms with Crippen LogP contribution in [-0.4, -0.2) is 86.4 Å². The molecule has 2 aromatic heterocycles. The van der Waals surface area contributed by atoms with Gasteiger partial charge in [0.05, 0.1) is 33.3 Å². The lowest BCUT2D eigenvalue weighted by molar-refractivity contribution is -0.145. The van der Waals surface area contributed by atoms with Gasteiger partial charge in [-0.15, -0.1) is 0 Å². The second-order valence-corrected chi connectivity index (χ2v) is 13.3. The number of nitrogens with two attached hydrogens (primary N) is 1. The molecule has 0 saturated carbocycles. The Hall–Kier alpha value is -4.48. The maximum atomic E-state index is 14.9. The van der Waals surface area contributed by atoms with E-state index in [9.17, 15) is 24.4 Å². The molecule has 4 aromatic rings. The smallest absolute Gasteiger partial charge is 0.342 e. The first kappa shape index (κ1) is 36.8. The third-order valence-electron chi connectivity index (χ3n) is 7.94. The summed E-state index contributed by atoms with van der Waals surface area (Å²) in [6.07, 6.45) is -2.88. The molecule has 268 valence electrons. The van der Waals surface area contributed by atoms with Crippen LogP contribution in [0, 0.1) is 0 Å². The van der Waals surface area contributed by atoms with Gasteiger partial charge in [0.25, 0.3) is 0 Å². The monoisotopic (exact) mass is 713 g/mol. The number of aromatic nitrogens is 4. The van der Waals surface area contributed by atoms with E-state index in [0.29, 0.717) is 11.1 Å². The van der Waals surface area contributed by atoms with Crippen LogP contribution in [0.2, 0.25) is 0 Å². The van der Waals surface area contributed by atoms with Crippen molar-refractivity contribution >= 4 is 36.7 Å². The molecule has 50 heavy (non-hydrogen) atoms. The molecule has 1 unspecified atom stereocenters. The molecule has 17 nitrogen and oxygen atoms in total. The predicted molar refractivity (Wildman–Crippen MR) is 178 cm³/mol. The third kappa shape index (κ3) is 7.79. The van der Waals surface area contributed by atoms with E-state index < -0.39 is 62.3 Å². The van der Waals surface area contributed by atoms with Gasteiger partial charge in [-0.25, -0.2) is 24.7 Å². The molecule has 2 aromatic carbocycles. The van der Waals surface area contributed by atoms with E-state index in [-0.39, 0.29) is 36.2 Å². The normalized spacial score (nSPS) is 21.8. The summed E-state index contributed by atoms with van der Waals surface area (Å²) < 4.78 is 44.2. The van der Waals surface area contributed by atoms with Gasteiger partial charge in [-0.2, -0.15) is 9.97 Å². The van der Waals surface area contributed by atoms with E-state index in [1.165, 1.54) is 24.9 Å². The lowest BCUT2D eigenvalue weighted by Crippen LogP contribution is -2.44. The number of ether oxygens (including phenoxy) is 4. The summed E-state index contributed by atoms with van der Waals surface area (Å²) in [5.74, 6) is -1.57.